The van der Waals surface area contributed by atoms with Gasteiger partial charge in [-0.1, -0.05) is 46.0 Å². The summed E-state index contributed by atoms with van der Waals surface area (Å²) in [7, 11) is -3.28. The highest BCUT2D eigenvalue weighted by atomic mass is 32.2. The second kappa shape index (κ2) is 8.11. The molecule has 0 bridgehead atoms. The van der Waals surface area contributed by atoms with Crippen LogP contribution in [-0.2, 0) is 14.3 Å². The van der Waals surface area contributed by atoms with Crippen molar-refractivity contribution in [2.24, 2.45) is 0 Å². The Morgan fingerprint density at radius 1 is 1.07 bits per heavy atom. The molecule has 0 spiro atoms. The lowest BCUT2D eigenvalue weighted by Gasteiger charge is -2.13. The third-order valence-electron chi connectivity index (χ3n) is 2.40. The maximum Gasteiger partial charge on any atom is 0.264 e. The normalized spacial score (nSPS) is 14.1. The molecule has 0 radical (unpaired) electrons. The summed E-state index contributed by atoms with van der Waals surface area (Å²) in [5, 5.41) is 0. The average molecular weight is 236 g/mol. The molecule has 15 heavy (non-hydrogen) atoms. The van der Waals surface area contributed by atoms with Gasteiger partial charge in [-0.2, -0.15) is 8.42 Å². The second-order valence-corrected chi connectivity index (χ2v) is 5.63. The molecule has 1 unspecified atom stereocenters. The third kappa shape index (κ3) is 10.2. The molecule has 0 amide bonds. The molecule has 4 heteroatoms. The zero-order valence-electron chi connectivity index (χ0n) is 10.2. The van der Waals surface area contributed by atoms with Crippen molar-refractivity contribution in [2.75, 3.05) is 6.26 Å². The molecule has 0 aromatic heterocycles. The molecule has 0 aliphatic heterocycles. The Hall–Kier alpha value is -0.0900. The smallest absolute Gasteiger partial charge is 0.264 e. The summed E-state index contributed by atoms with van der Waals surface area (Å²) in [6.45, 7) is 4.14. The molecule has 3 nitrogen and oxygen atoms in total. The number of rotatable bonds is 9. The molecule has 0 N–H and O–H groups in total. The van der Waals surface area contributed by atoms with Crippen molar-refractivity contribution in [3.8, 4) is 0 Å². The van der Waals surface area contributed by atoms with E-state index in [0.717, 1.165) is 25.5 Å². The van der Waals surface area contributed by atoms with Crippen LogP contribution in [0.3, 0.4) is 0 Å². The van der Waals surface area contributed by atoms with Crippen LogP contribution in [0.1, 0.15) is 58.8 Å². The van der Waals surface area contributed by atoms with Gasteiger partial charge in [0.15, 0.2) is 0 Å². The maximum atomic E-state index is 10.9. The predicted octanol–water partition coefficient (Wildman–Crippen LogP) is 3.10. The van der Waals surface area contributed by atoms with Crippen LogP contribution in [0.5, 0.6) is 0 Å². The summed E-state index contributed by atoms with van der Waals surface area (Å²) >= 11 is 0. The number of hydrogen-bond acceptors (Lipinski definition) is 3. The van der Waals surface area contributed by atoms with Crippen LogP contribution >= 0.6 is 0 Å². The van der Waals surface area contributed by atoms with Crippen LogP contribution in [-0.4, -0.2) is 20.8 Å². The van der Waals surface area contributed by atoms with Crippen LogP contribution in [0.15, 0.2) is 0 Å². The Morgan fingerprint density at radius 2 is 1.67 bits per heavy atom. The van der Waals surface area contributed by atoms with Crippen molar-refractivity contribution < 1.29 is 12.6 Å². The van der Waals surface area contributed by atoms with Crippen molar-refractivity contribution in [3.05, 3.63) is 0 Å². The Kier molecular flexibility index (Phi) is 8.06. The third-order valence-corrected chi connectivity index (χ3v) is 3.02. The van der Waals surface area contributed by atoms with Gasteiger partial charge in [0, 0.05) is 0 Å². The van der Waals surface area contributed by atoms with E-state index in [2.05, 4.69) is 6.92 Å². The van der Waals surface area contributed by atoms with E-state index in [-0.39, 0.29) is 6.10 Å². The monoisotopic (exact) mass is 236 g/mol. The van der Waals surface area contributed by atoms with Crippen molar-refractivity contribution >= 4 is 10.1 Å². The minimum absolute atomic E-state index is 0.123. The standard InChI is InChI=1S/C11H24O3S/c1-4-6-7-8-9-10-11(5-2)14-15(3,12)13/h11H,4-10H2,1-3H3. The zero-order chi connectivity index (χ0) is 11.7. The summed E-state index contributed by atoms with van der Waals surface area (Å²) in [5.74, 6) is 0. The van der Waals surface area contributed by atoms with Crippen LogP contribution in [0, 0.1) is 0 Å². The molecule has 0 aliphatic carbocycles. The molecule has 0 saturated heterocycles. The summed E-state index contributed by atoms with van der Waals surface area (Å²) in [5.41, 5.74) is 0. The van der Waals surface area contributed by atoms with Gasteiger partial charge in [0.2, 0.25) is 0 Å². The fraction of sp³-hybridized carbons (Fsp3) is 1.00. The first-order valence-electron chi connectivity index (χ1n) is 5.87. The largest absolute Gasteiger partial charge is 0.267 e. The summed E-state index contributed by atoms with van der Waals surface area (Å²) in [6, 6.07) is 0. The van der Waals surface area contributed by atoms with E-state index in [1.165, 1.54) is 25.7 Å². The van der Waals surface area contributed by atoms with Crippen molar-refractivity contribution in [2.45, 2.75) is 64.9 Å². The van der Waals surface area contributed by atoms with E-state index >= 15 is 0 Å². The summed E-state index contributed by atoms with van der Waals surface area (Å²) in [4.78, 5) is 0. The van der Waals surface area contributed by atoms with Crippen molar-refractivity contribution in [3.63, 3.8) is 0 Å². The van der Waals surface area contributed by atoms with Gasteiger partial charge in [0.25, 0.3) is 10.1 Å². The Bertz CT molecular complexity index is 234. The fourth-order valence-corrected chi connectivity index (χ4v) is 2.27. The van der Waals surface area contributed by atoms with Gasteiger partial charge in [-0.3, -0.25) is 4.18 Å². The van der Waals surface area contributed by atoms with Crippen LogP contribution in [0.2, 0.25) is 0 Å². The SMILES string of the molecule is CCCCCCCC(CC)OS(C)(=O)=O. The quantitative estimate of drug-likeness (QED) is 0.456. The molecule has 0 aromatic rings. The number of hydrogen-bond donors (Lipinski definition) is 0. The minimum Gasteiger partial charge on any atom is -0.267 e. The lowest BCUT2D eigenvalue weighted by Crippen LogP contribution is -2.16. The first-order valence-corrected chi connectivity index (χ1v) is 7.69. The number of unbranched alkanes of at least 4 members (excludes halogenated alkanes) is 4. The molecule has 0 aromatic carbocycles. The molecule has 0 fully saturated rings. The van der Waals surface area contributed by atoms with Crippen LogP contribution in [0.4, 0.5) is 0 Å². The summed E-state index contributed by atoms with van der Waals surface area (Å²) in [6.07, 6.45) is 8.60. The Labute approximate surface area is 94.3 Å². The highest BCUT2D eigenvalue weighted by molar-refractivity contribution is 7.86. The maximum absolute atomic E-state index is 10.9. The van der Waals surface area contributed by atoms with E-state index in [9.17, 15) is 8.42 Å². The Morgan fingerprint density at radius 3 is 2.13 bits per heavy atom. The topological polar surface area (TPSA) is 43.4 Å². The van der Waals surface area contributed by atoms with Gasteiger partial charge in [-0.05, 0) is 12.8 Å². The predicted molar refractivity (Wildman–Crippen MR) is 63.4 cm³/mol. The second-order valence-electron chi connectivity index (χ2n) is 4.03. The van der Waals surface area contributed by atoms with Gasteiger partial charge < -0.3 is 0 Å². The zero-order valence-corrected chi connectivity index (χ0v) is 11.0. The molecular weight excluding hydrogens is 212 g/mol. The molecule has 1 atom stereocenters. The van der Waals surface area contributed by atoms with Gasteiger partial charge in [-0.25, -0.2) is 0 Å². The highest BCUT2D eigenvalue weighted by Crippen LogP contribution is 2.13. The van der Waals surface area contributed by atoms with Gasteiger partial charge in [0.05, 0.1) is 12.4 Å². The van der Waals surface area contributed by atoms with Crippen molar-refractivity contribution in [1.29, 1.82) is 0 Å². The Balaban J connectivity index is 3.62. The molecule has 0 aliphatic rings. The summed E-state index contributed by atoms with van der Waals surface area (Å²) < 4.78 is 26.8. The van der Waals surface area contributed by atoms with E-state index < -0.39 is 10.1 Å². The lowest BCUT2D eigenvalue weighted by atomic mass is 10.1. The fourth-order valence-electron chi connectivity index (χ4n) is 1.54. The van der Waals surface area contributed by atoms with Crippen LogP contribution in [0.25, 0.3) is 0 Å². The minimum atomic E-state index is -3.28. The lowest BCUT2D eigenvalue weighted by molar-refractivity contribution is 0.192. The van der Waals surface area contributed by atoms with Gasteiger partial charge in [-0.15, -0.1) is 0 Å². The van der Waals surface area contributed by atoms with E-state index in [1.807, 2.05) is 6.92 Å². The van der Waals surface area contributed by atoms with E-state index in [4.69, 9.17) is 4.18 Å². The average Bonchev–Trinajstić information content (AvgIpc) is 2.14. The molecule has 0 rings (SSSR count). The van der Waals surface area contributed by atoms with E-state index in [1.54, 1.807) is 0 Å². The van der Waals surface area contributed by atoms with Crippen molar-refractivity contribution in [1.82, 2.24) is 0 Å². The first-order chi connectivity index (χ1) is 6.99. The highest BCUT2D eigenvalue weighted by Gasteiger charge is 2.12. The molecule has 92 valence electrons. The molecular formula is C11H24O3S. The first kappa shape index (κ1) is 14.9. The van der Waals surface area contributed by atoms with Gasteiger partial charge >= 0.3 is 0 Å². The molecule has 0 heterocycles. The van der Waals surface area contributed by atoms with Crippen LogP contribution < -0.4 is 0 Å². The van der Waals surface area contributed by atoms with Gasteiger partial charge in [0.1, 0.15) is 0 Å². The molecule has 0 saturated carbocycles. The van der Waals surface area contributed by atoms with E-state index in [0.29, 0.717) is 0 Å².